The fraction of sp³-hybridized carbons (Fsp3) is 0.300. The van der Waals surface area contributed by atoms with Crippen molar-refractivity contribution in [1.82, 2.24) is 4.90 Å². The second-order valence-electron chi connectivity index (χ2n) is 6.23. The van der Waals surface area contributed by atoms with Crippen LogP contribution in [0.25, 0.3) is 0 Å². The zero-order valence-corrected chi connectivity index (χ0v) is 14.6. The number of hydrogen-bond acceptors (Lipinski definition) is 3. The van der Waals surface area contributed by atoms with E-state index >= 15 is 0 Å². The first-order chi connectivity index (χ1) is 12.1. The van der Waals surface area contributed by atoms with Crippen molar-refractivity contribution in [3.05, 3.63) is 70.7 Å². The van der Waals surface area contributed by atoms with Crippen LogP contribution < -0.4 is 0 Å². The lowest BCUT2D eigenvalue weighted by atomic mass is 9.74. The third-order valence-corrected chi connectivity index (χ3v) is 4.94. The van der Waals surface area contributed by atoms with Crippen molar-refractivity contribution < 1.29 is 9.53 Å². The summed E-state index contributed by atoms with van der Waals surface area (Å²) in [4.78, 5) is 13.9. The molecule has 1 heterocycles. The van der Waals surface area contributed by atoms with Gasteiger partial charge in [0.25, 0.3) is 0 Å². The maximum Gasteiger partial charge on any atom is 0.410 e. The molecule has 0 atom stereocenters. The topological polar surface area (TPSA) is 53.3 Å². The van der Waals surface area contributed by atoms with Gasteiger partial charge in [-0.1, -0.05) is 54.1 Å². The van der Waals surface area contributed by atoms with Gasteiger partial charge in [0, 0.05) is 18.1 Å². The van der Waals surface area contributed by atoms with E-state index in [1.165, 1.54) is 0 Å². The van der Waals surface area contributed by atoms with Gasteiger partial charge in [-0.2, -0.15) is 5.26 Å². The molecule has 0 unspecified atom stereocenters. The molecule has 4 nitrogen and oxygen atoms in total. The fourth-order valence-corrected chi connectivity index (χ4v) is 3.24. The average molecular weight is 355 g/mol. The standard InChI is InChI=1S/C20H19ClN2O2/c21-18-8-6-17(7-9-18)20(15-22)10-12-23(13-11-20)19(24)25-14-16-4-2-1-3-5-16/h1-9H,10-14H2. The highest BCUT2D eigenvalue weighted by atomic mass is 35.5. The molecule has 0 aliphatic carbocycles. The Hall–Kier alpha value is -2.51. The summed E-state index contributed by atoms with van der Waals surface area (Å²) in [7, 11) is 0. The summed E-state index contributed by atoms with van der Waals surface area (Å²) in [5.41, 5.74) is 1.35. The molecule has 1 amide bonds. The molecule has 0 spiro atoms. The number of hydrogen-bond donors (Lipinski definition) is 0. The van der Waals surface area contributed by atoms with Crippen molar-refractivity contribution in [3.63, 3.8) is 0 Å². The van der Waals surface area contributed by atoms with Crippen LogP contribution in [0.3, 0.4) is 0 Å². The van der Waals surface area contributed by atoms with Gasteiger partial charge in [-0.25, -0.2) is 4.79 Å². The van der Waals surface area contributed by atoms with Gasteiger partial charge in [0.15, 0.2) is 0 Å². The Bertz CT molecular complexity index is 761. The second-order valence-corrected chi connectivity index (χ2v) is 6.66. The molecule has 1 aliphatic heterocycles. The molecule has 0 radical (unpaired) electrons. The van der Waals surface area contributed by atoms with E-state index in [1.54, 1.807) is 17.0 Å². The first kappa shape index (κ1) is 17.3. The minimum absolute atomic E-state index is 0.261. The maximum atomic E-state index is 12.3. The first-order valence-corrected chi connectivity index (χ1v) is 8.64. The third-order valence-electron chi connectivity index (χ3n) is 4.69. The molecule has 25 heavy (non-hydrogen) atoms. The number of carbonyl (C=O) groups excluding carboxylic acids is 1. The highest BCUT2D eigenvalue weighted by Gasteiger charge is 2.38. The largest absolute Gasteiger partial charge is 0.445 e. The van der Waals surface area contributed by atoms with E-state index in [1.807, 2.05) is 42.5 Å². The first-order valence-electron chi connectivity index (χ1n) is 8.26. The minimum atomic E-state index is -0.569. The van der Waals surface area contributed by atoms with Gasteiger partial charge in [0.2, 0.25) is 0 Å². The highest BCUT2D eigenvalue weighted by molar-refractivity contribution is 6.30. The number of nitrogens with zero attached hydrogens (tertiary/aromatic N) is 2. The molecule has 0 bridgehead atoms. The van der Waals surface area contributed by atoms with Crippen molar-refractivity contribution in [2.75, 3.05) is 13.1 Å². The molecule has 0 saturated carbocycles. The number of halogens is 1. The van der Waals surface area contributed by atoms with Crippen LogP contribution in [-0.2, 0) is 16.8 Å². The van der Waals surface area contributed by atoms with Crippen LogP contribution in [0, 0.1) is 11.3 Å². The summed E-state index contributed by atoms with van der Waals surface area (Å²) in [5, 5.41) is 10.4. The van der Waals surface area contributed by atoms with E-state index in [4.69, 9.17) is 16.3 Å². The smallest absolute Gasteiger partial charge is 0.410 e. The Kier molecular flexibility index (Phi) is 5.25. The van der Waals surface area contributed by atoms with Gasteiger partial charge < -0.3 is 9.64 Å². The SMILES string of the molecule is N#CC1(c2ccc(Cl)cc2)CCN(C(=O)OCc2ccccc2)CC1. The van der Waals surface area contributed by atoms with E-state index in [0.29, 0.717) is 31.0 Å². The number of amides is 1. The second kappa shape index (κ2) is 7.58. The van der Waals surface area contributed by atoms with Crippen LogP contribution in [0.2, 0.25) is 5.02 Å². The Morgan fingerprint density at radius 2 is 1.76 bits per heavy atom. The van der Waals surface area contributed by atoms with Crippen LogP contribution in [-0.4, -0.2) is 24.1 Å². The van der Waals surface area contributed by atoms with E-state index in [0.717, 1.165) is 11.1 Å². The van der Waals surface area contributed by atoms with Crippen LogP contribution in [0.4, 0.5) is 4.79 Å². The Labute approximate surface area is 152 Å². The van der Waals surface area contributed by atoms with Crippen LogP contribution in [0.5, 0.6) is 0 Å². The summed E-state index contributed by atoms with van der Waals surface area (Å²) in [6, 6.07) is 19.4. The van der Waals surface area contributed by atoms with Crippen molar-refractivity contribution in [2.24, 2.45) is 0 Å². The monoisotopic (exact) mass is 354 g/mol. The molecule has 3 rings (SSSR count). The lowest BCUT2D eigenvalue weighted by molar-refractivity contribution is 0.0826. The highest BCUT2D eigenvalue weighted by Crippen LogP contribution is 2.35. The molecule has 128 valence electrons. The predicted molar refractivity (Wildman–Crippen MR) is 96.2 cm³/mol. The Morgan fingerprint density at radius 1 is 1.12 bits per heavy atom. The Balaban J connectivity index is 1.59. The molecule has 1 saturated heterocycles. The Morgan fingerprint density at radius 3 is 2.36 bits per heavy atom. The van der Waals surface area contributed by atoms with E-state index in [-0.39, 0.29) is 12.7 Å². The normalized spacial score (nSPS) is 16.1. The average Bonchev–Trinajstić information content (AvgIpc) is 2.67. The molecule has 5 heteroatoms. The molecular weight excluding hydrogens is 336 g/mol. The molecule has 0 aromatic heterocycles. The molecule has 2 aromatic rings. The summed E-state index contributed by atoms with van der Waals surface area (Å²) < 4.78 is 5.38. The van der Waals surface area contributed by atoms with Gasteiger partial charge in [-0.15, -0.1) is 0 Å². The van der Waals surface area contributed by atoms with Gasteiger partial charge >= 0.3 is 6.09 Å². The molecular formula is C20H19ClN2O2. The third kappa shape index (κ3) is 3.94. The lowest BCUT2D eigenvalue weighted by Gasteiger charge is -2.37. The summed E-state index contributed by atoms with van der Waals surface area (Å²) in [6.07, 6.45) is 0.850. The van der Waals surface area contributed by atoms with Crippen molar-refractivity contribution in [1.29, 1.82) is 5.26 Å². The molecule has 1 fully saturated rings. The summed E-state index contributed by atoms with van der Waals surface area (Å²) >= 11 is 5.94. The summed E-state index contributed by atoms with van der Waals surface area (Å²) in [5.74, 6) is 0. The van der Waals surface area contributed by atoms with Crippen LogP contribution >= 0.6 is 11.6 Å². The number of nitriles is 1. The van der Waals surface area contributed by atoms with Crippen molar-refractivity contribution >= 4 is 17.7 Å². The minimum Gasteiger partial charge on any atom is -0.445 e. The summed E-state index contributed by atoms with van der Waals surface area (Å²) in [6.45, 7) is 1.27. The molecule has 0 N–H and O–H groups in total. The van der Waals surface area contributed by atoms with E-state index in [9.17, 15) is 10.1 Å². The number of piperidine rings is 1. The van der Waals surface area contributed by atoms with E-state index < -0.39 is 5.41 Å². The fourth-order valence-electron chi connectivity index (χ4n) is 3.12. The van der Waals surface area contributed by atoms with Gasteiger partial charge in [0.05, 0.1) is 11.5 Å². The number of carbonyl (C=O) groups is 1. The van der Waals surface area contributed by atoms with Gasteiger partial charge in [-0.3, -0.25) is 0 Å². The van der Waals surface area contributed by atoms with Crippen LogP contribution in [0.15, 0.2) is 54.6 Å². The predicted octanol–water partition coefficient (Wildman–Crippen LogP) is 4.53. The zero-order valence-electron chi connectivity index (χ0n) is 13.8. The number of ether oxygens (including phenoxy) is 1. The van der Waals surface area contributed by atoms with Crippen molar-refractivity contribution in [3.8, 4) is 6.07 Å². The maximum absolute atomic E-state index is 12.3. The quantitative estimate of drug-likeness (QED) is 0.813. The zero-order chi connectivity index (χ0) is 17.7. The number of benzene rings is 2. The van der Waals surface area contributed by atoms with Crippen molar-refractivity contribution in [2.45, 2.75) is 24.9 Å². The number of rotatable bonds is 3. The van der Waals surface area contributed by atoms with Gasteiger partial charge in [-0.05, 0) is 36.1 Å². The molecule has 2 aromatic carbocycles. The number of likely N-dealkylation sites (tertiary alicyclic amines) is 1. The van der Waals surface area contributed by atoms with Crippen LogP contribution in [0.1, 0.15) is 24.0 Å². The molecule has 1 aliphatic rings. The van der Waals surface area contributed by atoms with E-state index in [2.05, 4.69) is 6.07 Å². The lowest BCUT2D eigenvalue weighted by Crippen LogP contribution is -2.44. The van der Waals surface area contributed by atoms with Gasteiger partial charge in [0.1, 0.15) is 6.61 Å².